The van der Waals surface area contributed by atoms with Crippen LogP contribution in [0, 0.1) is 0 Å². The second-order valence-electron chi connectivity index (χ2n) is 3.43. The van der Waals surface area contributed by atoms with Crippen LogP contribution >= 0.6 is 0 Å². The molecule has 1 heterocycles. The molecule has 17 heavy (non-hydrogen) atoms. The molecular weight excluding hydrogens is 216 g/mol. The molecule has 1 N–H and O–H groups in total. The highest BCUT2D eigenvalue weighted by Gasteiger charge is 2.02. The summed E-state index contributed by atoms with van der Waals surface area (Å²) in [5.74, 6) is 0. The zero-order valence-corrected chi connectivity index (χ0v) is 9.17. The summed E-state index contributed by atoms with van der Waals surface area (Å²) in [5.41, 5.74) is 1.57. The van der Waals surface area contributed by atoms with Crippen molar-refractivity contribution in [3.05, 3.63) is 60.4 Å². The highest BCUT2D eigenvalue weighted by atomic mass is 16.5. The van der Waals surface area contributed by atoms with Crippen LogP contribution in [0.25, 0.3) is 0 Å². The van der Waals surface area contributed by atoms with Crippen molar-refractivity contribution in [3.63, 3.8) is 0 Å². The Morgan fingerprint density at radius 1 is 1.24 bits per heavy atom. The maximum atomic E-state index is 11.4. The van der Waals surface area contributed by atoms with E-state index in [0.29, 0.717) is 5.69 Å². The number of rotatable bonds is 3. The lowest BCUT2D eigenvalue weighted by Gasteiger charge is -2.06. The van der Waals surface area contributed by atoms with Crippen molar-refractivity contribution in [1.29, 1.82) is 0 Å². The topological polar surface area (TPSA) is 51.2 Å². The van der Waals surface area contributed by atoms with E-state index in [-0.39, 0.29) is 8.03 Å². The Bertz CT molecular complexity index is 477. The highest BCUT2D eigenvalue weighted by molar-refractivity contribution is 5.84. The van der Waals surface area contributed by atoms with Gasteiger partial charge in [-0.1, -0.05) is 24.3 Å². The number of hydrogen-bond acceptors (Lipinski definition) is 3. The van der Waals surface area contributed by atoms with Crippen LogP contribution in [0.3, 0.4) is 0 Å². The minimum absolute atomic E-state index is 0. The molecule has 2 aromatic rings. The van der Waals surface area contributed by atoms with E-state index < -0.39 is 6.09 Å². The van der Waals surface area contributed by atoms with E-state index in [1.807, 2.05) is 24.3 Å². The summed E-state index contributed by atoms with van der Waals surface area (Å²) in [6, 6.07) is 12.8. The van der Waals surface area contributed by atoms with Crippen molar-refractivity contribution >= 4 is 11.8 Å². The second kappa shape index (κ2) is 5.65. The molecule has 0 fully saturated rings. The first kappa shape index (κ1) is 11.1. The van der Waals surface area contributed by atoms with E-state index in [4.69, 9.17) is 4.74 Å². The first-order valence-corrected chi connectivity index (χ1v) is 5.22. The standard InChI is InChI=1S/C13H12N2O2.H2/c16-13(15-12-6-2-1-3-7-12)17-10-11-5-4-8-14-9-11;/h1-9H,10H2,(H,15,16);1H. The summed E-state index contributed by atoms with van der Waals surface area (Å²) >= 11 is 0. The van der Waals surface area contributed by atoms with Gasteiger partial charge >= 0.3 is 6.09 Å². The average molecular weight is 230 g/mol. The van der Waals surface area contributed by atoms with E-state index in [1.54, 1.807) is 30.6 Å². The van der Waals surface area contributed by atoms with Crippen molar-refractivity contribution in [3.8, 4) is 0 Å². The number of carbonyl (C=O) groups is 1. The summed E-state index contributed by atoms with van der Waals surface area (Å²) in [5, 5.41) is 2.63. The van der Waals surface area contributed by atoms with Crippen molar-refractivity contribution < 1.29 is 11.0 Å². The molecule has 2 rings (SSSR count). The smallest absolute Gasteiger partial charge is 0.411 e. The lowest BCUT2D eigenvalue weighted by Crippen LogP contribution is -2.13. The average Bonchev–Trinajstić information content (AvgIpc) is 2.39. The number of amides is 1. The molecule has 0 saturated heterocycles. The van der Waals surface area contributed by atoms with Gasteiger partial charge in [-0.25, -0.2) is 4.79 Å². The molecule has 0 bridgehead atoms. The highest BCUT2D eigenvalue weighted by Crippen LogP contribution is 2.06. The minimum atomic E-state index is -0.472. The summed E-state index contributed by atoms with van der Waals surface area (Å²) in [6.45, 7) is 0.215. The van der Waals surface area contributed by atoms with Gasteiger partial charge in [-0.05, 0) is 18.2 Å². The van der Waals surface area contributed by atoms with Crippen molar-refractivity contribution in [2.24, 2.45) is 0 Å². The van der Waals surface area contributed by atoms with Gasteiger partial charge in [0, 0.05) is 25.1 Å². The van der Waals surface area contributed by atoms with Crippen LogP contribution in [0.2, 0.25) is 0 Å². The van der Waals surface area contributed by atoms with E-state index in [0.717, 1.165) is 5.56 Å². The number of nitrogens with zero attached hydrogens (tertiary/aromatic N) is 1. The fourth-order valence-electron chi connectivity index (χ4n) is 1.31. The first-order chi connectivity index (χ1) is 8.34. The van der Waals surface area contributed by atoms with Crippen LogP contribution in [0.15, 0.2) is 54.9 Å². The number of para-hydroxylation sites is 1. The van der Waals surface area contributed by atoms with Gasteiger partial charge in [-0.15, -0.1) is 0 Å². The van der Waals surface area contributed by atoms with Crippen LogP contribution in [0.4, 0.5) is 10.5 Å². The molecule has 1 aromatic carbocycles. The SMILES string of the molecule is O=C(Nc1ccccc1)OCc1cccnc1.[HH]. The number of aromatic nitrogens is 1. The summed E-state index contributed by atoms with van der Waals surface area (Å²) in [4.78, 5) is 15.4. The van der Waals surface area contributed by atoms with Crippen molar-refractivity contribution in [1.82, 2.24) is 4.98 Å². The van der Waals surface area contributed by atoms with Gasteiger partial charge in [0.1, 0.15) is 6.61 Å². The molecule has 4 nitrogen and oxygen atoms in total. The van der Waals surface area contributed by atoms with Crippen LogP contribution in [-0.4, -0.2) is 11.1 Å². The molecule has 0 saturated carbocycles. The van der Waals surface area contributed by atoms with Crippen molar-refractivity contribution in [2.45, 2.75) is 6.61 Å². The fraction of sp³-hybridized carbons (Fsp3) is 0.0769. The molecule has 1 amide bonds. The van der Waals surface area contributed by atoms with E-state index in [9.17, 15) is 4.79 Å². The number of benzene rings is 1. The van der Waals surface area contributed by atoms with E-state index in [1.165, 1.54) is 0 Å². The summed E-state index contributed by atoms with van der Waals surface area (Å²) in [6.07, 6.45) is 2.86. The van der Waals surface area contributed by atoms with Gasteiger partial charge in [0.05, 0.1) is 0 Å². The number of pyridine rings is 1. The fourth-order valence-corrected chi connectivity index (χ4v) is 1.31. The zero-order valence-electron chi connectivity index (χ0n) is 9.17. The molecule has 88 valence electrons. The first-order valence-electron chi connectivity index (χ1n) is 5.22. The van der Waals surface area contributed by atoms with Gasteiger partial charge in [0.2, 0.25) is 0 Å². The second-order valence-corrected chi connectivity index (χ2v) is 3.43. The molecule has 0 unspecified atom stereocenters. The number of hydrogen-bond donors (Lipinski definition) is 1. The zero-order chi connectivity index (χ0) is 11.9. The van der Waals surface area contributed by atoms with Crippen LogP contribution in [0.5, 0.6) is 0 Å². The van der Waals surface area contributed by atoms with Gasteiger partial charge < -0.3 is 4.74 Å². The number of ether oxygens (including phenoxy) is 1. The Kier molecular flexibility index (Phi) is 3.70. The molecule has 0 spiro atoms. The molecule has 0 atom stereocenters. The molecule has 1 aromatic heterocycles. The molecule has 0 aliphatic carbocycles. The van der Waals surface area contributed by atoms with Crippen LogP contribution < -0.4 is 5.32 Å². The number of nitrogens with one attached hydrogen (secondary N) is 1. The Morgan fingerprint density at radius 3 is 2.76 bits per heavy atom. The Labute approximate surface area is 101 Å². The quantitative estimate of drug-likeness (QED) is 0.881. The lowest BCUT2D eigenvalue weighted by molar-refractivity contribution is 0.155. The van der Waals surface area contributed by atoms with E-state index in [2.05, 4.69) is 10.3 Å². The van der Waals surface area contributed by atoms with Crippen LogP contribution in [0.1, 0.15) is 6.99 Å². The van der Waals surface area contributed by atoms with Gasteiger partial charge in [-0.3, -0.25) is 10.3 Å². The molecule has 4 heteroatoms. The number of anilines is 1. The van der Waals surface area contributed by atoms with Crippen LogP contribution in [-0.2, 0) is 11.3 Å². The largest absolute Gasteiger partial charge is 0.444 e. The summed E-state index contributed by atoms with van der Waals surface area (Å²) in [7, 11) is 0. The Hall–Kier alpha value is -2.36. The Balaban J connectivity index is 0.00000162. The third-order valence-corrected chi connectivity index (χ3v) is 2.11. The number of carbonyl (C=O) groups excluding carboxylic acids is 1. The van der Waals surface area contributed by atoms with Gasteiger partial charge in [0.15, 0.2) is 0 Å². The Morgan fingerprint density at radius 2 is 2.06 bits per heavy atom. The summed E-state index contributed by atoms with van der Waals surface area (Å²) < 4.78 is 5.04. The van der Waals surface area contributed by atoms with Gasteiger partial charge in [0.25, 0.3) is 0 Å². The third kappa shape index (κ3) is 3.61. The minimum Gasteiger partial charge on any atom is -0.444 e. The predicted molar refractivity (Wildman–Crippen MR) is 66.6 cm³/mol. The third-order valence-electron chi connectivity index (χ3n) is 2.11. The maximum absolute atomic E-state index is 11.4. The van der Waals surface area contributed by atoms with Gasteiger partial charge in [-0.2, -0.15) is 0 Å². The van der Waals surface area contributed by atoms with Crippen molar-refractivity contribution in [2.75, 3.05) is 5.32 Å². The van der Waals surface area contributed by atoms with E-state index >= 15 is 0 Å². The lowest BCUT2D eigenvalue weighted by atomic mass is 10.3. The molecular formula is C13H14N2O2. The predicted octanol–water partition coefficient (Wildman–Crippen LogP) is 3.08. The maximum Gasteiger partial charge on any atom is 0.411 e. The molecule has 0 radical (unpaired) electrons. The molecule has 0 aliphatic rings. The molecule has 0 aliphatic heterocycles. The monoisotopic (exact) mass is 230 g/mol. The normalized spacial score (nSPS) is 9.65.